The van der Waals surface area contributed by atoms with Gasteiger partial charge in [0.1, 0.15) is 16.8 Å². The van der Waals surface area contributed by atoms with Crippen LogP contribution in [0.5, 0.6) is 0 Å². The number of halogens is 1. The number of pyridine rings is 1. The van der Waals surface area contributed by atoms with Crippen molar-refractivity contribution in [2.45, 2.75) is 0 Å². The Morgan fingerprint density at radius 1 is 0.846 bits per heavy atom. The van der Waals surface area contributed by atoms with Gasteiger partial charge in [-0.2, -0.15) is 0 Å². The molecule has 0 unspecified atom stereocenters. The summed E-state index contributed by atoms with van der Waals surface area (Å²) in [6.45, 7) is 0. The van der Waals surface area contributed by atoms with Crippen molar-refractivity contribution in [3.8, 4) is 0 Å². The zero-order chi connectivity index (χ0) is 18.8. The largest absolute Gasteiger partial charge is 0.465 e. The van der Waals surface area contributed by atoms with Gasteiger partial charge in [0.15, 0.2) is 0 Å². The van der Waals surface area contributed by atoms with Crippen molar-refractivity contribution in [1.82, 2.24) is 4.40 Å². The number of benzene rings is 1. The van der Waals surface area contributed by atoms with Crippen molar-refractivity contribution in [2.24, 2.45) is 0 Å². The van der Waals surface area contributed by atoms with E-state index in [1.165, 1.54) is 18.6 Å². The number of esters is 2. The Balaban J connectivity index is 2.46. The minimum atomic E-state index is -0.791. The number of carbonyl (C=O) groups is 3. The summed E-state index contributed by atoms with van der Waals surface area (Å²) in [7, 11) is 2.40. The van der Waals surface area contributed by atoms with Gasteiger partial charge in [0.25, 0.3) is 0 Å². The van der Waals surface area contributed by atoms with Crippen LogP contribution in [0.4, 0.5) is 0 Å². The summed E-state index contributed by atoms with van der Waals surface area (Å²) in [6.07, 6.45) is 0. The second-order valence-electron chi connectivity index (χ2n) is 5.35. The molecule has 26 heavy (non-hydrogen) atoms. The van der Waals surface area contributed by atoms with Crippen LogP contribution in [0.2, 0.25) is 0 Å². The van der Waals surface area contributed by atoms with Crippen LogP contribution in [0.15, 0.2) is 53.1 Å². The summed E-state index contributed by atoms with van der Waals surface area (Å²) in [5.41, 5.74) is 0.640. The lowest BCUT2D eigenvalue weighted by Crippen LogP contribution is -2.15. The Labute approximate surface area is 157 Å². The predicted molar refractivity (Wildman–Crippen MR) is 97.7 cm³/mol. The zero-order valence-electron chi connectivity index (χ0n) is 14.0. The molecule has 0 saturated carbocycles. The smallest absolute Gasteiger partial charge is 0.341 e. The second-order valence-corrected chi connectivity index (χ2v) is 6.16. The second kappa shape index (κ2) is 7.13. The van der Waals surface area contributed by atoms with E-state index in [9.17, 15) is 14.4 Å². The fraction of sp³-hybridized carbons (Fsp3) is 0.105. The molecule has 6 nitrogen and oxygen atoms in total. The first-order valence-corrected chi connectivity index (χ1v) is 8.39. The van der Waals surface area contributed by atoms with Crippen LogP contribution >= 0.6 is 15.9 Å². The van der Waals surface area contributed by atoms with Gasteiger partial charge in [-0.1, -0.05) is 36.4 Å². The van der Waals surface area contributed by atoms with Gasteiger partial charge >= 0.3 is 11.9 Å². The topological polar surface area (TPSA) is 74.1 Å². The minimum absolute atomic E-state index is 0.0140. The van der Waals surface area contributed by atoms with Crippen LogP contribution in [0.1, 0.15) is 36.8 Å². The molecule has 0 saturated heterocycles. The number of aromatic nitrogens is 1. The fourth-order valence-corrected chi connectivity index (χ4v) is 3.34. The quantitative estimate of drug-likeness (QED) is 0.370. The number of fused-ring (bicyclic) bond motifs is 1. The maximum Gasteiger partial charge on any atom is 0.341 e. The van der Waals surface area contributed by atoms with Crippen LogP contribution in [-0.4, -0.2) is 36.3 Å². The Hall–Kier alpha value is -2.93. The van der Waals surface area contributed by atoms with Gasteiger partial charge in [-0.05, 0) is 28.1 Å². The lowest BCUT2D eigenvalue weighted by molar-refractivity contribution is 0.0556. The molecule has 3 aromatic rings. The maximum absolute atomic E-state index is 13.2. The Morgan fingerprint density at radius 3 is 2.08 bits per heavy atom. The summed E-state index contributed by atoms with van der Waals surface area (Å²) < 4.78 is 11.7. The molecule has 0 atom stereocenters. The molecule has 0 aliphatic carbocycles. The Morgan fingerprint density at radius 2 is 1.46 bits per heavy atom. The molecule has 0 spiro atoms. The number of methoxy groups -OCH3 is 2. The van der Waals surface area contributed by atoms with E-state index in [4.69, 9.17) is 9.47 Å². The monoisotopic (exact) mass is 415 g/mol. The highest BCUT2D eigenvalue weighted by Crippen LogP contribution is 2.30. The van der Waals surface area contributed by atoms with Gasteiger partial charge in [0, 0.05) is 5.56 Å². The van der Waals surface area contributed by atoms with Gasteiger partial charge in [-0.25, -0.2) is 9.59 Å². The number of nitrogens with zero attached hydrogens (tertiary/aromatic N) is 1. The Kier molecular flexibility index (Phi) is 4.90. The lowest BCUT2D eigenvalue weighted by atomic mass is 10.0. The van der Waals surface area contributed by atoms with Crippen LogP contribution in [-0.2, 0) is 9.47 Å². The predicted octanol–water partition coefficient (Wildman–Crippen LogP) is 3.51. The molecule has 7 heteroatoms. The summed E-state index contributed by atoms with van der Waals surface area (Å²) >= 11 is 3.38. The average Bonchev–Trinajstić information content (AvgIpc) is 3.03. The van der Waals surface area contributed by atoms with Gasteiger partial charge in [-0.3, -0.25) is 9.20 Å². The van der Waals surface area contributed by atoms with Crippen molar-refractivity contribution in [1.29, 1.82) is 0 Å². The molecule has 0 bridgehead atoms. The molecule has 1 aromatic carbocycles. The molecule has 0 amide bonds. The van der Waals surface area contributed by atoms with Gasteiger partial charge in [0.05, 0.1) is 24.3 Å². The molecule has 3 rings (SSSR count). The molecule has 0 radical (unpaired) electrons. The summed E-state index contributed by atoms with van der Waals surface area (Å²) in [5.74, 6) is -1.93. The van der Waals surface area contributed by atoms with Crippen LogP contribution in [0.3, 0.4) is 0 Å². The number of rotatable bonds is 4. The third-order valence-corrected chi connectivity index (χ3v) is 4.56. The molecular formula is C19H14BrNO5. The van der Waals surface area contributed by atoms with E-state index in [-0.39, 0.29) is 16.8 Å². The number of hydrogen-bond donors (Lipinski definition) is 0. The molecule has 0 aliphatic heterocycles. The maximum atomic E-state index is 13.2. The highest BCUT2D eigenvalue weighted by molar-refractivity contribution is 9.10. The van der Waals surface area contributed by atoms with E-state index in [0.717, 1.165) is 0 Å². The van der Waals surface area contributed by atoms with E-state index in [0.29, 0.717) is 15.7 Å². The molecule has 0 N–H and O–H groups in total. The lowest BCUT2D eigenvalue weighted by Gasteiger charge is -2.07. The first-order valence-electron chi connectivity index (χ1n) is 7.60. The molecule has 2 aromatic heterocycles. The highest BCUT2D eigenvalue weighted by atomic mass is 79.9. The summed E-state index contributed by atoms with van der Waals surface area (Å²) in [5, 5.41) is 0. The van der Waals surface area contributed by atoms with E-state index in [1.54, 1.807) is 48.5 Å². The number of carbonyl (C=O) groups excluding carboxylic acids is 3. The van der Waals surface area contributed by atoms with Crippen molar-refractivity contribution < 1.29 is 23.9 Å². The number of ketones is 1. The average molecular weight is 416 g/mol. The van der Waals surface area contributed by atoms with E-state index in [2.05, 4.69) is 15.9 Å². The van der Waals surface area contributed by atoms with Crippen LogP contribution in [0.25, 0.3) is 5.52 Å². The summed E-state index contributed by atoms with van der Waals surface area (Å²) in [4.78, 5) is 38.0. The van der Waals surface area contributed by atoms with Crippen LogP contribution < -0.4 is 0 Å². The van der Waals surface area contributed by atoms with Crippen molar-refractivity contribution in [2.75, 3.05) is 14.2 Å². The fourth-order valence-electron chi connectivity index (χ4n) is 2.81. The third kappa shape index (κ3) is 2.80. The minimum Gasteiger partial charge on any atom is -0.465 e. The normalized spacial score (nSPS) is 10.6. The zero-order valence-corrected chi connectivity index (χ0v) is 15.6. The van der Waals surface area contributed by atoms with Gasteiger partial charge < -0.3 is 9.47 Å². The van der Waals surface area contributed by atoms with Crippen molar-refractivity contribution in [3.63, 3.8) is 0 Å². The number of hydrogen-bond acceptors (Lipinski definition) is 5. The van der Waals surface area contributed by atoms with E-state index < -0.39 is 17.7 Å². The third-order valence-electron chi connectivity index (χ3n) is 3.94. The van der Waals surface area contributed by atoms with E-state index >= 15 is 0 Å². The Bertz CT molecular complexity index is 1020. The van der Waals surface area contributed by atoms with Crippen molar-refractivity contribution in [3.05, 3.63) is 75.5 Å². The van der Waals surface area contributed by atoms with Crippen molar-refractivity contribution >= 4 is 39.2 Å². The molecule has 0 aliphatic rings. The van der Waals surface area contributed by atoms with Crippen LogP contribution in [0, 0.1) is 0 Å². The first-order chi connectivity index (χ1) is 12.5. The molecular weight excluding hydrogens is 402 g/mol. The van der Waals surface area contributed by atoms with E-state index in [1.807, 2.05) is 0 Å². The molecule has 0 fully saturated rings. The molecule has 132 valence electrons. The van der Waals surface area contributed by atoms with Gasteiger partial charge in [-0.15, -0.1) is 0 Å². The summed E-state index contributed by atoms with van der Waals surface area (Å²) in [6, 6.07) is 13.5. The number of ether oxygens (including phenoxy) is 2. The van der Waals surface area contributed by atoms with Gasteiger partial charge in [0.2, 0.25) is 5.78 Å². The standard InChI is InChI=1S/C19H14BrNO5/c1-25-18(23)14-12-9-6-10-13(20)21(12)16(15(14)19(24)26-2)17(22)11-7-4-3-5-8-11/h3-10H,1-2H3. The SMILES string of the molecule is COC(=O)c1c(C(=O)OC)c2cccc(Br)n2c1C(=O)c1ccccc1. The highest BCUT2D eigenvalue weighted by Gasteiger charge is 2.33. The first kappa shape index (κ1) is 17.9. The molecule has 2 heterocycles.